The largest absolute Gasteiger partial charge is 0.357 e. The lowest BCUT2D eigenvalue weighted by atomic mass is 10.0. The summed E-state index contributed by atoms with van der Waals surface area (Å²) in [5.74, 6) is 0.0969. The molecule has 3 heterocycles. The fourth-order valence-electron chi connectivity index (χ4n) is 3.40. The number of halogens is 1. The third kappa shape index (κ3) is 4.35. The highest BCUT2D eigenvalue weighted by atomic mass is 19.1. The predicted octanol–water partition coefficient (Wildman–Crippen LogP) is 4.80. The second-order valence-corrected chi connectivity index (χ2v) is 7.03. The summed E-state index contributed by atoms with van der Waals surface area (Å²) in [5.41, 5.74) is 3.29. The van der Waals surface area contributed by atoms with Crippen molar-refractivity contribution in [2.75, 3.05) is 11.9 Å². The molecule has 4 rings (SSSR count). The molecule has 0 saturated carbocycles. The van der Waals surface area contributed by atoms with Gasteiger partial charge >= 0.3 is 0 Å². The van der Waals surface area contributed by atoms with Gasteiger partial charge in [0, 0.05) is 36.5 Å². The fraction of sp³-hybridized carbons (Fsp3) is 0.318. The molecule has 3 aromatic rings. The van der Waals surface area contributed by atoms with Crippen molar-refractivity contribution in [3.63, 3.8) is 0 Å². The van der Waals surface area contributed by atoms with E-state index in [0.717, 1.165) is 41.6 Å². The number of carbonyl (C=O) groups excluding carboxylic acids is 1. The van der Waals surface area contributed by atoms with Crippen LogP contribution in [0.4, 0.5) is 10.2 Å². The zero-order valence-electron chi connectivity index (χ0n) is 16.3. The lowest BCUT2D eigenvalue weighted by Crippen LogP contribution is -2.18. The van der Waals surface area contributed by atoms with Gasteiger partial charge in [-0.15, -0.1) is 0 Å². The first-order valence-corrected chi connectivity index (χ1v) is 9.87. The molecule has 0 spiro atoms. The van der Waals surface area contributed by atoms with Crippen molar-refractivity contribution >= 4 is 11.7 Å². The molecule has 6 nitrogen and oxygen atoms in total. The minimum atomic E-state index is -0.293. The van der Waals surface area contributed by atoms with Crippen molar-refractivity contribution in [1.29, 1.82) is 0 Å². The monoisotopic (exact) mass is 394 g/mol. The van der Waals surface area contributed by atoms with Crippen molar-refractivity contribution in [1.82, 2.24) is 14.8 Å². The Morgan fingerprint density at radius 2 is 2.07 bits per heavy atom. The van der Waals surface area contributed by atoms with Crippen molar-refractivity contribution < 1.29 is 13.9 Å². The standard InChI is InChI=1S/C22H23FN4O2/c1-2-20(28)25-19-13-16(10-11-24-19)18-14-27(21-5-3-4-12-29-21)26-22(18)15-6-8-17(23)9-7-15/h6-11,13-14,21H,2-5,12H2,1H3,(H,24,25,28). The van der Waals surface area contributed by atoms with E-state index in [9.17, 15) is 9.18 Å². The number of anilines is 1. The summed E-state index contributed by atoms with van der Waals surface area (Å²) in [6.45, 7) is 2.51. The van der Waals surface area contributed by atoms with Gasteiger partial charge in [-0.2, -0.15) is 5.10 Å². The number of ether oxygens (including phenoxy) is 1. The van der Waals surface area contributed by atoms with E-state index in [1.165, 1.54) is 12.1 Å². The van der Waals surface area contributed by atoms with Crippen LogP contribution in [0.15, 0.2) is 48.8 Å². The van der Waals surface area contributed by atoms with E-state index in [0.29, 0.717) is 18.8 Å². The first kappa shape index (κ1) is 19.3. The van der Waals surface area contributed by atoms with Crippen LogP contribution in [0.25, 0.3) is 22.4 Å². The lowest BCUT2D eigenvalue weighted by Gasteiger charge is -2.22. The Morgan fingerprint density at radius 3 is 2.79 bits per heavy atom. The van der Waals surface area contributed by atoms with Crippen molar-refractivity contribution in [2.24, 2.45) is 0 Å². The van der Waals surface area contributed by atoms with E-state index >= 15 is 0 Å². The molecule has 7 heteroatoms. The summed E-state index contributed by atoms with van der Waals surface area (Å²) < 4.78 is 21.2. The van der Waals surface area contributed by atoms with Crippen LogP contribution < -0.4 is 5.32 Å². The van der Waals surface area contributed by atoms with Crippen LogP contribution in [0.3, 0.4) is 0 Å². The Hall–Kier alpha value is -3.06. The van der Waals surface area contributed by atoms with Crippen LogP contribution in [0.5, 0.6) is 0 Å². The maximum Gasteiger partial charge on any atom is 0.225 e. The minimum Gasteiger partial charge on any atom is -0.357 e. The topological polar surface area (TPSA) is 69.0 Å². The Kier molecular flexibility index (Phi) is 5.67. The smallest absolute Gasteiger partial charge is 0.225 e. The number of benzene rings is 1. The molecular formula is C22H23FN4O2. The van der Waals surface area contributed by atoms with Gasteiger partial charge in [0.2, 0.25) is 5.91 Å². The highest BCUT2D eigenvalue weighted by Gasteiger charge is 2.21. The zero-order chi connectivity index (χ0) is 20.2. The third-order valence-corrected chi connectivity index (χ3v) is 4.96. The van der Waals surface area contributed by atoms with E-state index in [-0.39, 0.29) is 18.0 Å². The average molecular weight is 394 g/mol. The van der Waals surface area contributed by atoms with Crippen molar-refractivity contribution in [3.05, 3.63) is 54.6 Å². The molecule has 1 amide bonds. The summed E-state index contributed by atoms with van der Waals surface area (Å²) in [6, 6.07) is 9.98. The number of rotatable bonds is 5. The van der Waals surface area contributed by atoms with Gasteiger partial charge in [0.15, 0.2) is 0 Å². The Morgan fingerprint density at radius 1 is 1.24 bits per heavy atom. The molecule has 0 bridgehead atoms. The summed E-state index contributed by atoms with van der Waals surface area (Å²) in [5, 5.41) is 7.57. The highest BCUT2D eigenvalue weighted by Crippen LogP contribution is 2.34. The van der Waals surface area contributed by atoms with Crippen molar-refractivity contribution in [2.45, 2.75) is 38.8 Å². The van der Waals surface area contributed by atoms with Crippen LogP contribution in [0.1, 0.15) is 38.8 Å². The summed E-state index contributed by atoms with van der Waals surface area (Å²) >= 11 is 0. The predicted molar refractivity (Wildman–Crippen MR) is 109 cm³/mol. The van der Waals surface area contributed by atoms with Gasteiger partial charge in [0.1, 0.15) is 23.6 Å². The SMILES string of the molecule is CCC(=O)Nc1cc(-c2cn(C3CCCCO3)nc2-c2ccc(F)cc2)ccn1. The molecule has 2 aromatic heterocycles. The van der Waals surface area contributed by atoms with Gasteiger partial charge in [0.25, 0.3) is 0 Å². The van der Waals surface area contributed by atoms with Gasteiger partial charge in [-0.25, -0.2) is 14.1 Å². The molecule has 1 aromatic carbocycles. The molecular weight excluding hydrogens is 371 g/mol. The molecule has 1 unspecified atom stereocenters. The molecule has 1 saturated heterocycles. The van der Waals surface area contributed by atoms with Gasteiger partial charge in [-0.05, 0) is 61.2 Å². The number of hydrogen-bond acceptors (Lipinski definition) is 4. The minimum absolute atomic E-state index is 0.0975. The van der Waals surface area contributed by atoms with Crippen LogP contribution in [-0.4, -0.2) is 27.3 Å². The van der Waals surface area contributed by atoms with E-state index in [2.05, 4.69) is 10.3 Å². The molecule has 1 N–H and O–H groups in total. The maximum absolute atomic E-state index is 13.4. The van der Waals surface area contributed by atoms with Gasteiger partial charge in [0.05, 0.1) is 0 Å². The van der Waals surface area contributed by atoms with Crippen molar-refractivity contribution in [3.8, 4) is 22.4 Å². The lowest BCUT2D eigenvalue weighted by molar-refractivity contribution is -0.115. The highest BCUT2D eigenvalue weighted by molar-refractivity contribution is 5.90. The molecule has 1 fully saturated rings. The van der Waals surface area contributed by atoms with E-state index < -0.39 is 0 Å². The molecule has 1 atom stereocenters. The van der Waals surface area contributed by atoms with Crippen LogP contribution in [0.2, 0.25) is 0 Å². The number of hydrogen-bond donors (Lipinski definition) is 1. The normalized spacial score (nSPS) is 16.6. The van der Waals surface area contributed by atoms with Crippen LogP contribution in [0, 0.1) is 5.82 Å². The first-order valence-electron chi connectivity index (χ1n) is 9.87. The molecule has 1 aliphatic rings. The maximum atomic E-state index is 13.4. The zero-order valence-corrected chi connectivity index (χ0v) is 16.3. The summed E-state index contributed by atoms with van der Waals surface area (Å²) in [4.78, 5) is 16.0. The Balaban J connectivity index is 1.76. The third-order valence-electron chi connectivity index (χ3n) is 4.96. The summed E-state index contributed by atoms with van der Waals surface area (Å²) in [7, 11) is 0. The van der Waals surface area contributed by atoms with Gasteiger partial charge in [-0.1, -0.05) is 6.92 Å². The number of amides is 1. The molecule has 150 valence electrons. The molecule has 0 aliphatic carbocycles. The van der Waals surface area contributed by atoms with E-state index in [4.69, 9.17) is 9.84 Å². The number of pyridine rings is 1. The number of nitrogens with one attached hydrogen (secondary N) is 1. The van der Waals surface area contributed by atoms with E-state index in [1.807, 2.05) is 23.0 Å². The molecule has 0 radical (unpaired) electrons. The second-order valence-electron chi connectivity index (χ2n) is 7.03. The summed E-state index contributed by atoms with van der Waals surface area (Å²) in [6.07, 6.45) is 6.92. The number of carbonyl (C=O) groups is 1. The second kappa shape index (κ2) is 8.53. The van der Waals surface area contributed by atoms with Gasteiger partial charge < -0.3 is 10.1 Å². The Labute approximate surface area is 168 Å². The first-order chi connectivity index (χ1) is 14.1. The Bertz CT molecular complexity index is 994. The average Bonchev–Trinajstić information content (AvgIpc) is 3.20. The number of aromatic nitrogens is 3. The van der Waals surface area contributed by atoms with E-state index in [1.54, 1.807) is 25.3 Å². The number of nitrogens with zero attached hydrogens (tertiary/aromatic N) is 3. The van der Waals surface area contributed by atoms with Crippen LogP contribution in [-0.2, 0) is 9.53 Å². The quantitative estimate of drug-likeness (QED) is 0.675. The molecule has 29 heavy (non-hydrogen) atoms. The molecule has 1 aliphatic heterocycles. The van der Waals surface area contributed by atoms with Gasteiger partial charge in [-0.3, -0.25) is 4.79 Å². The van der Waals surface area contributed by atoms with Crippen LogP contribution >= 0.6 is 0 Å². The fourth-order valence-corrected chi connectivity index (χ4v) is 3.40.